The van der Waals surface area contributed by atoms with E-state index in [0.717, 1.165) is 10.1 Å². The van der Waals surface area contributed by atoms with Gasteiger partial charge < -0.3 is 0 Å². The van der Waals surface area contributed by atoms with Crippen molar-refractivity contribution in [2.24, 2.45) is 0 Å². The smallest absolute Gasteiger partial charge is 0.267 e. The number of fused-ring (bicyclic) bond motifs is 1. The molecule has 0 saturated heterocycles. The molecule has 0 N–H and O–H groups in total. The topological polar surface area (TPSA) is 41.6 Å². The molecule has 22 heavy (non-hydrogen) atoms. The molecule has 5 heteroatoms. The maximum absolute atomic E-state index is 13.3. The van der Waals surface area contributed by atoms with E-state index in [0.29, 0.717) is 16.6 Å². The number of aromatic nitrogens is 2. The van der Waals surface area contributed by atoms with Gasteiger partial charge in [-0.05, 0) is 35.9 Å². The third-order valence-electron chi connectivity index (χ3n) is 3.26. The molecule has 0 spiro atoms. The van der Waals surface area contributed by atoms with E-state index in [4.69, 9.17) is 5.26 Å². The number of nitriles is 1. The third-order valence-corrected chi connectivity index (χ3v) is 3.26. The van der Waals surface area contributed by atoms with Crippen LogP contribution in [0.2, 0.25) is 0 Å². The van der Waals surface area contributed by atoms with Gasteiger partial charge in [-0.25, -0.2) is 4.98 Å². The van der Waals surface area contributed by atoms with Gasteiger partial charge in [0.05, 0.1) is 22.7 Å². The number of para-hydroxylation sites is 2. The summed E-state index contributed by atoms with van der Waals surface area (Å²) in [6.45, 7) is -2.67. The maximum atomic E-state index is 13.3. The predicted octanol–water partition coefficient (Wildman–Crippen LogP) is 4.47. The monoisotopic (exact) mass is 295 g/mol. The first-order valence-corrected chi connectivity index (χ1v) is 6.62. The third kappa shape index (κ3) is 2.59. The fourth-order valence-electron chi connectivity index (χ4n) is 2.27. The molecule has 0 amide bonds. The van der Waals surface area contributed by atoms with Gasteiger partial charge >= 0.3 is 6.55 Å². The molecule has 0 radical (unpaired) electrons. The zero-order valence-electron chi connectivity index (χ0n) is 11.4. The van der Waals surface area contributed by atoms with Crippen LogP contribution >= 0.6 is 0 Å². The van der Waals surface area contributed by atoms with Crippen LogP contribution in [0.3, 0.4) is 0 Å². The van der Waals surface area contributed by atoms with Gasteiger partial charge in [0.2, 0.25) is 0 Å². The van der Waals surface area contributed by atoms with Crippen molar-refractivity contribution in [2.75, 3.05) is 0 Å². The lowest BCUT2D eigenvalue weighted by atomic mass is 10.1. The highest BCUT2D eigenvalue weighted by Gasteiger charge is 2.15. The van der Waals surface area contributed by atoms with Crippen LogP contribution in [0.25, 0.3) is 23.2 Å². The first-order chi connectivity index (χ1) is 10.7. The highest BCUT2D eigenvalue weighted by molar-refractivity contribution is 5.80. The van der Waals surface area contributed by atoms with Crippen LogP contribution in [-0.2, 0) is 0 Å². The number of nitrogens with zero attached hydrogens (tertiary/aromatic N) is 3. The van der Waals surface area contributed by atoms with E-state index < -0.39 is 6.55 Å². The Hall–Kier alpha value is -3.00. The average molecular weight is 295 g/mol. The molecule has 0 fully saturated rings. The van der Waals surface area contributed by atoms with Crippen LogP contribution in [0.5, 0.6) is 0 Å². The van der Waals surface area contributed by atoms with Crippen molar-refractivity contribution in [1.82, 2.24) is 9.55 Å². The molecule has 0 atom stereocenters. The standard InChI is InChI=1S/C17H11F2N3/c18-17(19)22-15-7-2-1-6-14(15)21-16(22)9-8-12-4-3-5-13(10-12)11-20/h1-10,17H/b9-8+. The number of imidazole rings is 1. The van der Waals surface area contributed by atoms with Crippen LogP contribution in [0.15, 0.2) is 48.5 Å². The Labute approximate surface area is 125 Å². The molecular formula is C17H11F2N3. The van der Waals surface area contributed by atoms with E-state index in [-0.39, 0.29) is 5.82 Å². The second kappa shape index (κ2) is 5.78. The Morgan fingerprint density at radius 3 is 2.68 bits per heavy atom. The van der Waals surface area contributed by atoms with Crippen LogP contribution in [0, 0.1) is 11.3 Å². The predicted molar refractivity (Wildman–Crippen MR) is 81.1 cm³/mol. The first kappa shape index (κ1) is 14.0. The van der Waals surface area contributed by atoms with Gasteiger partial charge in [0.1, 0.15) is 5.82 Å². The first-order valence-electron chi connectivity index (χ1n) is 6.62. The van der Waals surface area contributed by atoms with Crippen molar-refractivity contribution in [1.29, 1.82) is 5.26 Å². The van der Waals surface area contributed by atoms with Crippen molar-refractivity contribution in [2.45, 2.75) is 6.55 Å². The van der Waals surface area contributed by atoms with Gasteiger partial charge in [-0.3, -0.25) is 4.57 Å². The Morgan fingerprint density at radius 2 is 1.91 bits per heavy atom. The van der Waals surface area contributed by atoms with Gasteiger partial charge in [-0.2, -0.15) is 14.0 Å². The quantitative estimate of drug-likeness (QED) is 0.715. The van der Waals surface area contributed by atoms with Crippen LogP contribution < -0.4 is 0 Å². The molecule has 108 valence electrons. The molecule has 3 rings (SSSR count). The number of hydrogen-bond donors (Lipinski definition) is 0. The molecule has 3 aromatic rings. The van der Waals surface area contributed by atoms with Gasteiger partial charge in [0.15, 0.2) is 0 Å². The fraction of sp³-hybridized carbons (Fsp3) is 0.0588. The Morgan fingerprint density at radius 1 is 1.09 bits per heavy atom. The summed E-state index contributed by atoms with van der Waals surface area (Å²) in [5, 5.41) is 8.87. The van der Waals surface area contributed by atoms with E-state index in [1.807, 2.05) is 6.07 Å². The Balaban J connectivity index is 2.05. The van der Waals surface area contributed by atoms with E-state index in [2.05, 4.69) is 4.98 Å². The van der Waals surface area contributed by atoms with Gasteiger partial charge in [-0.1, -0.05) is 30.3 Å². The van der Waals surface area contributed by atoms with Crippen LogP contribution in [-0.4, -0.2) is 9.55 Å². The summed E-state index contributed by atoms with van der Waals surface area (Å²) in [4.78, 5) is 4.22. The molecule has 1 aromatic heterocycles. The number of hydrogen-bond acceptors (Lipinski definition) is 2. The zero-order valence-corrected chi connectivity index (χ0v) is 11.4. The summed E-state index contributed by atoms with van der Waals surface area (Å²) in [6, 6.07) is 15.7. The second-order valence-corrected chi connectivity index (χ2v) is 4.68. The highest BCUT2D eigenvalue weighted by Crippen LogP contribution is 2.24. The molecule has 1 heterocycles. The summed E-state index contributed by atoms with van der Waals surface area (Å²) >= 11 is 0. The molecule has 0 bridgehead atoms. The lowest BCUT2D eigenvalue weighted by molar-refractivity contribution is 0.0739. The number of alkyl halides is 2. The molecule has 0 aliphatic heterocycles. The zero-order chi connectivity index (χ0) is 15.5. The molecule has 0 saturated carbocycles. The molecule has 2 aromatic carbocycles. The van der Waals surface area contributed by atoms with Gasteiger partial charge in [0, 0.05) is 0 Å². The molecule has 0 aliphatic carbocycles. The summed E-state index contributed by atoms with van der Waals surface area (Å²) in [5.41, 5.74) is 2.19. The summed E-state index contributed by atoms with van der Waals surface area (Å²) in [6.07, 6.45) is 3.20. The normalized spacial score (nSPS) is 11.4. The lowest BCUT2D eigenvalue weighted by Gasteiger charge is -2.04. The average Bonchev–Trinajstić information content (AvgIpc) is 2.91. The van der Waals surface area contributed by atoms with E-state index in [9.17, 15) is 8.78 Å². The van der Waals surface area contributed by atoms with Crippen molar-refractivity contribution in [3.63, 3.8) is 0 Å². The van der Waals surface area contributed by atoms with Crippen LogP contribution in [0.4, 0.5) is 8.78 Å². The molecule has 0 unspecified atom stereocenters. The minimum absolute atomic E-state index is 0.179. The van der Waals surface area contributed by atoms with Crippen molar-refractivity contribution in [3.05, 3.63) is 65.5 Å². The Kier molecular flexibility index (Phi) is 3.67. The SMILES string of the molecule is N#Cc1cccc(/C=C/c2nc3ccccc3n2C(F)F)c1. The number of rotatable bonds is 3. The van der Waals surface area contributed by atoms with E-state index >= 15 is 0 Å². The van der Waals surface area contributed by atoms with Crippen molar-refractivity contribution in [3.8, 4) is 6.07 Å². The maximum Gasteiger partial charge on any atom is 0.320 e. The number of halogens is 2. The molecule has 0 aliphatic rings. The van der Waals surface area contributed by atoms with Gasteiger partial charge in [-0.15, -0.1) is 0 Å². The minimum Gasteiger partial charge on any atom is -0.267 e. The van der Waals surface area contributed by atoms with Crippen LogP contribution in [0.1, 0.15) is 23.5 Å². The van der Waals surface area contributed by atoms with E-state index in [1.165, 1.54) is 6.08 Å². The fourth-order valence-corrected chi connectivity index (χ4v) is 2.27. The largest absolute Gasteiger partial charge is 0.320 e. The lowest BCUT2D eigenvalue weighted by Crippen LogP contribution is -2.00. The van der Waals surface area contributed by atoms with Gasteiger partial charge in [0.25, 0.3) is 0 Å². The molecule has 3 nitrogen and oxygen atoms in total. The second-order valence-electron chi connectivity index (χ2n) is 4.68. The summed E-state index contributed by atoms with van der Waals surface area (Å²) in [5.74, 6) is 0.179. The van der Waals surface area contributed by atoms with Crippen molar-refractivity contribution < 1.29 is 8.78 Å². The number of benzene rings is 2. The summed E-state index contributed by atoms with van der Waals surface area (Å²) in [7, 11) is 0. The minimum atomic E-state index is -2.67. The summed E-state index contributed by atoms with van der Waals surface area (Å²) < 4.78 is 27.5. The van der Waals surface area contributed by atoms with E-state index in [1.54, 1.807) is 54.6 Å². The highest BCUT2D eigenvalue weighted by atomic mass is 19.3. The van der Waals surface area contributed by atoms with Crippen molar-refractivity contribution >= 4 is 23.2 Å². The Bertz CT molecular complexity index is 888. The molecular weight excluding hydrogens is 284 g/mol.